The predicted molar refractivity (Wildman–Crippen MR) is 153 cm³/mol. The summed E-state index contributed by atoms with van der Waals surface area (Å²) in [6.45, 7) is -13.0. The topological polar surface area (TPSA) is 144 Å². The van der Waals surface area contributed by atoms with Crippen LogP contribution in [-0.4, -0.2) is 66.2 Å². The third-order valence-corrected chi connectivity index (χ3v) is 6.47. The smallest absolute Gasteiger partial charge is 0.324 e. The van der Waals surface area contributed by atoms with Gasteiger partial charge in [-0.2, -0.15) is 0 Å². The maximum atomic E-state index is 13.1. The Morgan fingerprint density at radius 1 is 1.05 bits per heavy atom. The molecule has 5 rings (SSSR count). The van der Waals surface area contributed by atoms with Crippen molar-refractivity contribution < 1.29 is 30.1 Å². The van der Waals surface area contributed by atoms with Crippen LogP contribution in [0.5, 0.6) is 0 Å². The van der Waals surface area contributed by atoms with Gasteiger partial charge in [-0.15, -0.1) is 0 Å². The van der Waals surface area contributed by atoms with Crippen molar-refractivity contribution in [1.82, 2.24) is 24.5 Å². The van der Waals surface area contributed by atoms with Crippen LogP contribution in [0.1, 0.15) is 32.5 Å². The number of aromatic nitrogens is 3. The molecule has 0 bridgehead atoms. The van der Waals surface area contributed by atoms with Crippen molar-refractivity contribution in [3.63, 3.8) is 0 Å². The van der Waals surface area contributed by atoms with Gasteiger partial charge in [0.25, 0.3) is 5.91 Å². The Kier molecular flexibility index (Phi) is 5.76. The van der Waals surface area contributed by atoms with Crippen LogP contribution in [0, 0.1) is 6.92 Å². The fraction of sp³-hybridized carbons (Fsp3) is 0.214. The Hall–Kier alpha value is -3.99. The highest BCUT2D eigenvalue weighted by Crippen LogP contribution is 2.40. The van der Waals surface area contributed by atoms with Crippen molar-refractivity contribution >= 4 is 31.0 Å². The van der Waals surface area contributed by atoms with E-state index < -0.39 is 50.9 Å². The van der Waals surface area contributed by atoms with Crippen molar-refractivity contribution in [2.24, 2.45) is 0 Å². The molecule has 3 heterocycles. The van der Waals surface area contributed by atoms with Crippen molar-refractivity contribution in [1.29, 1.82) is 0 Å². The molecule has 4 aromatic rings. The molecule has 0 spiro atoms. The zero-order valence-electron chi connectivity index (χ0n) is 29.1. The van der Waals surface area contributed by atoms with Gasteiger partial charge < -0.3 is 20.4 Å². The monoisotopic (exact) mass is 567 g/mol. The van der Waals surface area contributed by atoms with Gasteiger partial charge in [0, 0.05) is 84.6 Å². The Morgan fingerprint density at radius 2 is 1.82 bits per heavy atom. The first kappa shape index (κ1) is 19.1. The molecule has 0 aliphatic carbocycles. The standard InChI is InChI=1S/C28H30N7O4P/c1-20-4-9-24(17-26(20)33-28-30-12-10-25(32-28)23-3-2-11-29-18-23)31-27(36)22-7-5-21(6-8-22)19-34-13-15-35(16-14-34)40(37,38)39/h2-12,17-18H,13-16,19H2,1H3,(H,31,36)(H,30,32,33)(H2,37,38,39)/i13D2,14D2,15D2,16D2. The van der Waals surface area contributed by atoms with Crippen LogP contribution in [0.3, 0.4) is 0 Å². The maximum absolute atomic E-state index is 13.1. The average molecular weight is 568 g/mol. The summed E-state index contributed by atoms with van der Waals surface area (Å²) in [5, 5.41) is 5.94. The second-order valence-corrected chi connectivity index (χ2v) is 10.1. The molecule has 1 fully saturated rings. The van der Waals surface area contributed by atoms with Crippen LogP contribution in [0.25, 0.3) is 11.3 Å². The quantitative estimate of drug-likeness (QED) is 0.230. The van der Waals surface area contributed by atoms with Crippen molar-refractivity contribution in [2.75, 3.05) is 36.6 Å². The lowest BCUT2D eigenvalue weighted by Crippen LogP contribution is -2.44. The highest BCUT2D eigenvalue weighted by atomic mass is 31.2. The molecular weight excluding hydrogens is 529 g/mol. The number of piperazine rings is 1. The van der Waals surface area contributed by atoms with Crippen LogP contribution in [0.15, 0.2) is 79.3 Å². The number of carbonyl (C=O) groups is 1. The second kappa shape index (κ2) is 12.0. The molecule has 2 aromatic carbocycles. The SMILES string of the molecule is [2H]C1([2H])N(Cc2ccc(C(=O)Nc3ccc(C)c(Nc4nccc(-c5cccnc5)n4)c3)cc2)C([2H])([2H])C([2H])([2H])N(P(=O)(O)O)C1([2H])[2H]. The maximum Gasteiger partial charge on any atom is 0.403 e. The number of nitrogens with one attached hydrogen (secondary N) is 2. The summed E-state index contributed by atoms with van der Waals surface area (Å²) in [5.41, 5.74) is 3.74. The van der Waals surface area contributed by atoms with Gasteiger partial charge in [-0.05, 0) is 60.5 Å². The molecule has 12 heteroatoms. The van der Waals surface area contributed by atoms with Gasteiger partial charge in [-0.25, -0.2) is 19.2 Å². The highest BCUT2D eigenvalue weighted by Gasteiger charge is 2.29. The van der Waals surface area contributed by atoms with E-state index in [1.807, 2.05) is 13.0 Å². The minimum atomic E-state index is -5.82. The second-order valence-electron chi connectivity index (χ2n) is 8.67. The van der Waals surface area contributed by atoms with Crippen molar-refractivity contribution in [3.8, 4) is 11.3 Å². The van der Waals surface area contributed by atoms with E-state index in [4.69, 9.17) is 11.0 Å². The van der Waals surface area contributed by atoms with Crippen LogP contribution < -0.4 is 10.6 Å². The number of aryl methyl sites for hydroxylation is 1. The van der Waals surface area contributed by atoms with E-state index in [9.17, 15) is 19.1 Å². The van der Waals surface area contributed by atoms with Gasteiger partial charge in [0.15, 0.2) is 0 Å². The van der Waals surface area contributed by atoms with E-state index in [1.165, 1.54) is 24.3 Å². The lowest BCUT2D eigenvalue weighted by molar-refractivity contribution is 0.102. The van der Waals surface area contributed by atoms with Crippen molar-refractivity contribution in [3.05, 3.63) is 95.9 Å². The van der Waals surface area contributed by atoms with Gasteiger partial charge in [0.2, 0.25) is 5.95 Å². The van der Waals surface area contributed by atoms with Crippen molar-refractivity contribution in [2.45, 2.75) is 13.5 Å². The third kappa shape index (κ3) is 6.95. The largest absolute Gasteiger partial charge is 0.403 e. The highest BCUT2D eigenvalue weighted by molar-refractivity contribution is 7.49. The van der Waals surface area contributed by atoms with Gasteiger partial charge in [-0.1, -0.05) is 18.2 Å². The van der Waals surface area contributed by atoms with Gasteiger partial charge in [-0.3, -0.25) is 14.7 Å². The number of rotatable bonds is 8. The molecule has 1 saturated heterocycles. The minimum absolute atomic E-state index is 0.171. The molecule has 206 valence electrons. The summed E-state index contributed by atoms with van der Waals surface area (Å²) in [6, 6.07) is 16.1. The zero-order valence-corrected chi connectivity index (χ0v) is 22.0. The van der Waals surface area contributed by atoms with E-state index in [1.54, 1.807) is 48.9 Å². The third-order valence-electron chi connectivity index (χ3n) is 5.75. The summed E-state index contributed by atoms with van der Waals surface area (Å²) in [4.78, 5) is 45.6. The van der Waals surface area contributed by atoms with E-state index >= 15 is 0 Å². The van der Waals surface area contributed by atoms with E-state index in [-0.39, 0.29) is 16.0 Å². The summed E-state index contributed by atoms with van der Waals surface area (Å²) in [5.74, 6) is -0.184. The van der Waals surface area contributed by atoms with Gasteiger partial charge >= 0.3 is 7.75 Å². The number of pyridine rings is 1. The van der Waals surface area contributed by atoms with Gasteiger partial charge in [0.05, 0.1) is 5.69 Å². The normalized spacial score (nSPS) is 22.6. The van der Waals surface area contributed by atoms with Crippen LogP contribution in [0.2, 0.25) is 0 Å². The molecule has 0 unspecified atom stereocenters. The predicted octanol–water partition coefficient (Wildman–Crippen LogP) is 4.05. The fourth-order valence-electron chi connectivity index (χ4n) is 3.68. The molecule has 11 nitrogen and oxygen atoms in total. The average Bonchev–Trinajstić information content (AvgIpc) is 3.00. The van der Waals surface area contributed by atoms with Crippen LogP contribution in [0.4, 0.5) is 17.3 Å². The lowest BCUT2D eigenvalue weighted by atomic mass is 10.1. The van der Waals surface area contributed by atoms with Crippen LogP contribution in [-0.2, 0) is 11.1 Å². The molecule has 0 atom stereocenters. The van der Waals surface area contributed by atoms with E-state index in [2.05, 4.69) is 25.6 Å². The summed E-state index contributed by atoms with van der Waals surface area (Å²) < 4.78 is 77.0. The number of nitrogens with zero attached hydrogens (tertiary/aromatic N) is 5. The number of benzene rings is 2. The van der Waals surface area contributed by atoms with Gasteiger partial charge in [0.1, 0.15) is 0 Å². The number of carbonyl (C=O) groups excluding carboxylic acids is 1. The molecule has 2 aromatic heterocycles. The molecule has 0 saturated carbocycles. The molecule has 40 heavy (non-hydrogen) atoms. The number of hydrogen-bond donors (Lipinski definition) is 4. The number of hydrogen-bond acceptors (Lipinski definition) is 7. The minimum Gasteiger partial charge on any atom is -0.324 e. The molecular formula is C28H30N7O4P. The first-order valence-electron chi connectivity index (χ1n) is 15.9. The lowest BCUT2D eigenvalue weighted by Gasteiger charge is -2.34. The Labute approximate surface area is 243 Å². The molecule has 1 aliphatic heterocycles. The Bertz CT molecular complexity index is 1850. The molecule has 0 radical (unpaired) electrons. The van der Waals surface area contributed by atoms with E-state index in [0.717, 1.165) is 11.1 Å². The van der Waals surface area contributed by atoms with E-state index in [0.29, 0.717) is 23.0 Å². The number of amides is 1. The zero-order chi connectivity index (χ0) is 35.3. The molecule has 4 N–H and O–H groups in total. The number of anilines is 3. The molecule has 1 aliphatic rings. The summed E-state index contributed by atoms with van der Waals surface area (Å²) in [7, 11) is -5.82. The molecule has 1 amide bonds. The fourth-order valence-corrected chi connectivity index (χ4v) is 4.03. The Morgan fingerprint density at radius 3 is 2.52 bits per heavy atom. The summed E-state index contributed by atoms with van der Waals surface area (Å²) >= 11 is 0. The Balaban J connectivity index is 1.32. The first-order valence-corrected chi connectivity index (χ1v) is 13.5. The first-order chi connectivity index (χ1) is 22.3. The summed E-state index contributed by atoms with van der Waals surface area (Å²) in [6.07, 6.45) is 4.96. The van der Waals surface area contributed by atoms with Crippen LogP contribution >= 0.6 is 7.75 Å².